The number of hydrogen-bond donors (Lipinski definition) is 1. The largest absolute Gasteiger partial charge is 0.494 e. The smallest absolute Gasteiger partial charge is 0.329 e. The molecule has 10 nitrogen and oxygen atoms in total. The molecule has 1 aromatic carbocycles. The minimum atomic E-state index is -0.389. The van der Waals surface area contributed by atoms with Crippen LogP contribution in [-0.2, 0) is 30.2 Å². The van der Waals surface area contributed by atoms with Crippen LogP contribution < -0.4 is 15.7 Å². The first-order chi connectivity index (χ1) is 16.8. The molecule has 0 bridgehead atoms. The van der Waals surface area contributed by atoms with Gasteiger partial charge in [-0.3, -0.25) is 23.6 Å². The monoisotopic (exact) mass is 484 g/mol. The van der Waals surface area contributed by atoms with Gasteiger partial charge in [0.05, 0.1) is 12.6 Å². The summed E-state index contributed by atoms with van der Waals surface area (Å²) in [5.41, 5.74) is 1.79. The van der Waals surface area contributed by atoms with Gasteiger partial charge in [-0.1, -0.05) is 6.07 Å². The van der Waals surface area contributed by atoms with E-state index in [2.05, 4.69) is 15.2 Å². The van der Waals surface area contributed by atoms with Crippen molar-refractivity contribution in [2.75, 3.05) is 38.6 Å². The maximum absolute atomic E-state index is 13.9. The zero-order valence-electron chi connectivity index (χ0n) is 20.1. The summed E-state index contributed by atoms with van der Waals surface area (Å²) in [4.78, 5) is 45.3. The molecule has 0 unspecified atom stereocenters. The van der Waals surface area contributed by atoms with Gasteiger partial charge in [-0.15, -0.1) is 0 Å². The molecule has 2 aromatic heterocycles. The Labute approximate surface area is 201 Å². The molecule has 0 radical (unpaired) electrons. The molecule has 1 N–H and O–H groups in total. The first-order valence-corrected chi connectivity index (χ1v) is 11.4. The summed E-state index contributed by atoms with van der Waals surface area (Å²) in [6.45, 7) is 3.05. The van der Waals surface area contributed by atoms with Crippen molar-refractivity contribution in [2.24, 2.45) is 14.1 Å². The number of fused-ring (bicyclic) bond motifs is 1. The summed E-state index contributed by atoms with van der Waals surface area (Å²) in [5, 5.41) is 2.70. The lowest BCUT2D eigenvalue weighted by molar-refractivity contribution is -0.134. The minimum Gasteiger partial charge on any atom is -0.494 e. The number of hydrogen-bond acceptors (Lipinski definition) is 6. The van der Waals surface area contributed by atoms with Gasteiger partial charge in [0.25, 0.3) is 0 Å². The van der Waals surface area contributed by atoms with Crippen molar-refractivity contribution < 1.29 is 18.7 Å². The van der Waals surface area contributed by atoms with Crippen molar-refractivity contribution in [3.05, 3.63) is 52.2 Å². The molecule has 1 fully saturated rings. The number of benzene rings is 1. The van der Waals surface area contributed by atoms with Crippen LogP contribution >= 0.6 is 0 Å². The second-order valence-corrected chi connectivity index (χ2v) is 8.61. The van der Waals surface area contributed by atoms with Crippen molar-refractivity contribution in [1.82, 2.24) is 23.9 Å². The van der Waals surface area contributed by atoms with Crippen LogP contribution in [0.5, 0.6) is 5.75 Å². The van der Waals surface area contributed by atoms with E-state index in [0.29, 0.717) is 49.7 Å². The molecule has 35 heavy (non-hydrogen) atoms. The minimum absolute atomic E-state index is 0.0393. The molecule has 1 aliphatic heterocycles. The fourth-order valence-corrected chi connectivity index (χ4v) is 4.24. The maximum atomic E-state index is 13.9. The molecule has 3 aromatic rings. The van der Waals surface area contributed by atoms with E-state index < -0.39 is 0 Å². The Morgan fingerprint density at radius 2 is 1.80 bits per heavy atom. The summed E-state index contributed by atoms with van der Waals surface area (Å²) in [7, 11) is 4.72. The lowest BCUT2D eigenvalue weighted by atomic mass is 10.1. The van der Waals surface area contributed by atoms with Gasteiger partial charge in [-0.25, -0.2) is 14.2 Å². The Morgan fingerprint density at radius 1 is 1.06 bits per heavy atom. The number of rotatable bonds is 7. The molecule has 0 aliphatic carbocycles. The number of nitrogens with one attached hydrogen (secondary N) is 1. The quantitative estimate of drug-likeness (QED) is 0.545. The summed E-state index contributed by atoms with van der Waals surface area (Å²) in [6, 6.07) is 8.28. The second kappa shape index (κ2) is 10.3. The number of methoxy groups -OCH3 is 1. The lowest BCUT2D eigenvalue weighted by Crippen LogP contribution is -2.48. The molecule has 4 rings (SSSR count). The number of halogens is 1. The third-order valence-corrected chi connectivity index (χ3v) is 6.29. The van der Waals surface area contributed by atoms with Gasteiger partial charge in [-0.2, -0.15) is 0 Å². The summed E-state index contributed by atoms with van der Waals surface area (Å²) in [6.07, 6.45) is 0.138. The Kier molecular flexibility index (Phi) is 7.15. The third-order valence-electron chi connectivity index (χ3n) is 6.29. The zero-order valence-corrected chi connectivity index (χ0v) is 20.1. The predicted molar refractivity (Wildman–Crippen MR) is 129 cm³/mol. The first kappa shape index (κ1) is 24.4. The normalized spacial score (nSPS) is 14.3. The van der Waals surface area contributed by atoms with Crippen LogP contribution in [-0.4, -0.2) is 69.0 Å². The first-order valence-electron chi connectivity index (χ1n) is 11.4. The van der Waals surface area contributed by atoms with Gasteiger partial charge in [0.1, 0.15) is 5.82 Å². The van der Waals surface area contributed by atoms with E-state index in [1.165, 1.54) is 22.3 Å². The van der Waals surface area contributed by atoms with E-state index in [9.17, 15) is 18.8 Å². The average molecular weight is 485 g/mol. The Balaban J connectivity index is 1.24. The fourth-order valence-electron chi connectivity index (χ4n) is 4.24. The van der Waals surface area contributed by atoms with Crippen LogP contribution in [0.2, 0.25) is 0 Å². The number of aryl methyl sites for hydroxylation is 2. The predicted octanol–water partition coefficient (Wildman–Crippen LogP) is 1.48. The number of nitrogens with zero attached hydrogens (tertiary/aromatic N) is 5. The van der Waals surface area contributed by atoms with Crippen molar-refractivity contribution in [2.45, 2.75) is 19.4 Å². The van der Waals surface area contributed by atoms with Crippen LogP contribution in [0, 0.1) is 5.82 Å². The van der Waals surface area contributed by atoms with Gasteiger partial charge in [0.15, 0.2) is 17.2 Å². The Morgan fingerprint density at radius 3 is 2.49 bits per heavy atom. The number of ether oxygens (including phenoxy) is 1. The van der Waals surface area contributed by atoms with Crippen LogP contribution in [0.1, 0.15) is 18.4 Å². The molecule has 1 saturated heterocycles. The van der Waals surface area contributed by atoms with Gasteiger partial charge < -0.3 is 15.0 Å². The zero-order chi connectivity index (χ0) is 25.1. The van der Waals surface area contributed by atoms with Crippen LogP contribution in [0.4, 0.5) is 10.2 Å². The summed E-state index contributed by atoms with van der Waals surface area (Å²) < 4.78 is 21.8. The van der Waals surface area contributed by atoms with Gasteiger partial charge in [-0.05, 0) is 29.8 Å². The molecular formula is C24H29FN6O4. The Hall–Kier alpha value is -3.73. The maximum Gasteiger partial charge on any atom is 0.329 e. The van der Waals surface area contributed by atoms with Crippen molar-refractivity contribution in [3.63, 3.8) is 0 Å². The summed E-state index contributed by atoms with van der Waals surface area (Å²) in [5.74, 6) is -0.231. The van der Waals surface area contributed by atoms with Crippen LogP contribution in [0.3, 0.4) is 0 Å². The van der Waals surface area contributed by atoms with Gasteiger partial charge in [0, 0.05) is 59.7 Å². The Bertz CT molecular complexity index is 1310. The molecular weight excluding hydrogens is 455 g/mol. The third kappa shape index (κ3) is 5.35. The van der Waals surface area contributed by atoms with Crippen molar-refractivity contribution >= 4 is 28.8 Å². The van der Waals surface area contributed by atoms with Crippen molar-refractivity contribution in [1.29, 1.82) is 0 Å². The number of anilines is 1. The number of pyridine rings is 1. The number of piperazine rings is 1. The summed E-state index contributed by atoms with van der Waals surface area (Å²) >= 11 is 0. The van der Waals surface area contributed by atoms with E-state index in [-0.39, 0.29) is 41.9 Å². The molecule has 11 heteroatoms. The molecule has 2 amide bonds. The molecule has 0 saturated carbocycles. The molecule has 3 heterocycles. The number of imidazole rings is 1. The van der Waals surface area contributed by atoms with E-state index >= 15 is 0 Å². The standard InChI is InChI=1S/C24H29FN6O4/c1-28-18-5-7-20(27-23(18)29(2)24(28)34)26-21(32)8-9-22(33)31-12-10-30(11-13-31)15-16-4-6-19(35-3)17(25)14-16/h4-7,14H,8-13,15H2,1-3H3,(H,26,27,32). The van der Waals surface area contributed by atoms with E-state index in [1.807, 2.05) is 6.07 Å². The van der Waals surface area contributed by atoms with E-state index in [1.54, 1.807) is 37.2 Å². The highest BCUT2D eigenvalue weighted by atomic mass is 19.1. The van der Waals surface area contributed by atoms with Crippen LogP contribution in [0.25, 0.3) is 11.2 Å². The van der Waals surface area contributed by atoms with Crippen LogP contribution in [0.15, 0.2) is 35.1 Å². The van der Waals surface area contributed by atoms with E-state index in [4.69, 9.17) is 4.74 Å². The van der Waals surface area contributed by atoms with Crippen molar-refractivity contribution in [3.8, 4) is 5.75 Å². The van der Waals surface area contributed by atoms with Gasteiger partial charge in [0.2, 0.25) is 11.8 Å². The highest BCUT2D eigenvalue weighted by Crippen LogP contribution is 2.19. The number of amides is 2. The second-order valence-electron chi connectivity index (χ2n) is 8.61. The topological polar surface area (TPSA) is 102 Å². The lowest BCUT2D eigenvalue weighted by Gasteiger charge is -2.34. The SMILES string of the molecule is COc1ccc(CN2CCN(C(=O)CCC(=O)Nc3ccc4c(n3)n(C)c(=O)n4C)CC2)cc1F. The molecule has 0 spiro atoms. The van der Waals surface area contributed by atoms with Gasteiger partial charge >= 0.3 is 5.69 Å². The number of aromatic nitrogens is 3. The average Bonchev–Trinajstić information content (AvgIpc) is 3.06. The molecule has 186 valence electrons. The number of carbonyl (C=O) groups is 2. The highest BCUT2D eigenvalue weighted by Gasteiger charge is 2.22. The number of carbonyl (C=O) groups excluding carboxylic acids is 2. The van der Waals surface area contributed by atoms with E-state index in [0.717, 1.165) is 5.56 Å². The highest BCUT2D eigenvalue weighted by molar-refractivity contribution is 5.93. The fraction of sp³-hybridized carbons (Fsp3) is 0.417. The molecule has 1 aliphatic rings. The molecule has 0 atom stereocenters.